The summed E-state index contributed by atoms with van der Waals surface area (Å²) in [6, 6.07) is 0. The lowest BCUT2D eigenvalue weighted by molar-refractivity contribution is 0.565. The highest BCUT2D eigenvalue weighted by molar-refractivity contribution is 14.1. The van der Waals surface area contributed by atoms with Gasteiger partial charge in [-0.1, -0.05) is 0 Å². The van der Waals surface area contributed by atoms with Crippen molar-refractivity contribution in [1.29, 1.82) is 0 Å². The third-order valence-electron chi connectivity index (χ3n) is 0.605. The lowest BCUT2D eigenvalue weighted by Crippen LogP contribution is -1.62. The predicted octanol–water partition coefficient (Wildman–Crippen LogP) is 1.72. The van der Waals surface area contributed by atoms with Crippen molar-refractivity contribution in [1.82, 2.24) is 4.98 Å². The van der Waals surface area contributed by atoms with E-state index in [1.807, 2.05) is 28.0 Å². The van der Waals surface area contributed by atoms with Gasteiger partial charge in [0.1, 0.15) is 3.70 Å². The summed E-state index contributed by atoms with van der Waals surface area (Å²) < 4.78 is 0.853. The summed E-state index contributed by atoms with van der Waals surface area (Å²) in [5, 5.41) is 2.28. The van der Waals surface area contributed by atoms with Crippen molar-refractivity contribution in [2.24, 2.45) is 4.99 Å². The quantitative estimate of drug-likeness (QED) is 0.433. The topological polar surface area (TPSA) is 42.3 Å². The van der Waals surface area contributed by atoms with Crippen LogP contribution in [0.2, 0.25) is 0 Å². The third-order valence-corrected chi connectivity index (χ3v) is 2.32. The summed E-state index contributed by atoms with van der Waals surface area (Å²) in [6.45, 7) is 0. The van der Waals surface area contributed by atoms with E-state index in [9.17, 15) is 4.79 Å². The lowest BCUT2D eigenvalue weighted by atomic mass is 11.0. The number of isocyanates is 1. The Morgan fingerprint density at radius 1 is 1.89 bits per heavy atom. The fourth-order valence-electron chi connectivity index (χ4n) is 0.336. The molecule has 0 amide bonds. The summed E-state index contributed by atoms with van der Waals surface area (Å²) in [6.07, 6.45) is 1.42. The Morgan fingerprint density at radius 3 is 3.11 bits per heavy atom. The van der Waals surface area contributed by atoms with Crippen molar-refractivity contribution >= 4 is 45.1 Å². The molecular weight excluding hydrogens is 251 g/mol. The SMILES string of the molecule is O=C=Nc1nc(I)cs1. The van der Waals surface area contributed by atoms with Crippen molar-refractivity contribution in [3.63, 3.8) is 0 Å². The average Bonchev–Trinajstić information content (AvgIpc) is 2.17. The second-order valence-corrected chi connectivity index (χ2v) is 3.10. The van der Waals surface area contributed by atoms with Gasteiger partial charge in [0.25, 0.3) is 0 Å². The normalized spacial score (nSPS) is 8.56. The number of aliphatic imine (C=N–C) groups is 1. The van der Waals surface area contributed by atoms with Gasteiger partial charge in [0.15, 0.2) is 0 Å². The highest BCUT2D eigenvalue weighted by Gasteiger charge is 1.93. The molecule has 0 atom stereocenters. The largest absolute Gasteiger partial charge is 0.242 e. The molecule has 0 spiro atoms. The number of aromatic nitrogens is 1. The van der Waals surface area contributed by atoms with E-state index in [4.69, 9.17) is 0 Å². The van der Waals surface area contributed by atoms with Gasteiger partial charge in [0, 0.05) is 5.38 Å². The minimum Gasteiger partial charge on any atom is -0.212 e. The summed E-state index contributed by atoms with van der Waals surface area (Å²) in [4.78, 5) is 16.9. The molecule has 0 fully saturated rings. The van der Waals surface area contributed by atoms with Gasteiger partial charge in [-0.2, -0.15) is 0 Å². The van der Waals surface area contributed by atoms with Crippen LogP contribution in [0.5, 0.6) is 0 Å². The molecule has 9 heavy (non-hydrogen) atoms. The maximum atomic E-state index is 9.66. The maximum Gasteiger partial charge on any atom is 0.242 e. The van der Waals surface area contributed by atoms with Crippen LogP contribution < -0.4 is 0 Å². The minimum absolute atomic E-state index is 0.467. The molecule has 0 aliphatic heterocycles. The van der Waals surface area contributed by atoms with Crippen LogP contribution in [0.1, 0.15) is 0 Å². The number of thiazole rings is 1. The van der Waals surface area contributed by atoms with Crippen LogP contribution in [0.25, 0.3) is 0 Å². The molecule has 0 aliphatic rings. The Hall–Kier alpha value is -0.260. The zero-order chi connectivity index (χ0) is 6.69. The van der Waals surface area contributed by atoms with E-state index in [0.717, 1.165) is 3.70 Å². The first-order valence-corrected chi connectivity index (χ1v) is 3.97. The number of rotatable bonds is 1. The van der Waals surface area contributed by atoms with Crippen molar-refractivity contribution in [2.75, 3.05) is 0 Å². The van der Waals surface area contributed by atoms with Crippen molar-refractivity contribution in [3.8, 4) is 0 Å². The lowest BCUT2D eigenvalue weighted by Gasteiger charge is -1.70. The fraction of sp³-hybridized carbons (Fsp3) is 0. The van der Waals surface area contributed by atoms with E-state index >= 15 is 0 Å². The fourth-order valence-corrected chi connectivity index (χ4v) is 1.61. The van der Waals surface area contributed by atoms with E-state index in [-0.39, 0.29) is 0 Å². The molecule has 1 rings (SSSR count). The first-order valence-electron chi connectivity index (χ1n) is 2.02. The van der Waals surface area contributed by atoms with Gasteiger partial charge in [0.2, 0.25) is 11.2 Å². The van der Waals surface area contributed by atoms with Crippen LogP contribution in [-0.2, 0) is 4.79 Å². The Kier molecular flexibility index (Phi) is 2.32. The third kappa shape index (κ3) is 1.85. The first-order chi connectivity index (χ1) is 4.33. The molecule has 1 aromatic rings. The van der Waals surface area contributed by atoms with Crippen molar-refractivity contribution < 1.29 is 4.79 Å². The van der Waals surface area contributed by atoms with E-state index < -0.39 is 0 Å². The molecule has 46 valence electrons. The highest BCUT2D eigenvalue weighted by Crippen LogP contribution is 2.18. The molecule has 0 bridgehead atoms. The summed E-state index contributed by atoms with van der Waals surface area (Å²) in [7, 11) is 0. The number of halogens is 1. The molecule has 0 saturated carbocycles. The van der Waals surface area contributed by atoms with Crippen LogP contribution >= 0.6 is 33.9 Å². The zero-order valence-corrected chi connectivity index (χ0v) is 7.14. The van der Waals surface area contributed by atoms with Crippen LogP contribution in [0.3, 0.4) is 0 Å². The first kappa shape index (κ1) is 6.85. The van der Waals surface area contributed by atoms with Gasteiger partial charge in [-0.25, -0.2) is 9.78 Å². The van der Waals surface area contributed by atoms with Gasteiger partial charge in [-0.3, -0.25) is 0 Å². The van der Waals surface area contributed by atoms with Crippen LogP contribution in [0.15, 0.2) is 10.4 Å². The van der Waals surface area contributed by atoms with E-state index in [1.165, 1.54) is 17.4 Å². The van der Waals surface area contributed by atoms with Crippen LogP contribution in [0.4, 0.5) is 5.13 Å². The van der Waals surface area contributed by atoms with Gasteiger partial charge < -0.3 is 0 Å². The molecule has 0 radical (unpaired) electrons. The number of carbonyl (C=O) groups excluding carboxylic acids is 1. The van der Waals surface area contributed by atoms with E-state index in [1.54, 1.807) is 0 Å². The molecule has 1 aromatic heterocycles. The van der Waals surface area contributed by atoms with Gasteiger partial charge >= 0.3 is 0 Å². The van der Waals surface area contributed by atoms with Gasteiger partial charge in [-0.15, -0.1) is 16.3 Å². The number of nitrogens with zero attached hydrogens (tertiary/aromatic N) is 2. The molecule has 0 aliphatic carbocycles. The zero-order valence-electron chi connectivity index (χ0n) is 4.17. The Balaban J connectivity index is 2.97. The van der Waals surface area contributed by atoms with Crippen LogP contribution in [-0.4, -0.2) is 11.1 Å². The number of hydrogen-bond acceptors (Lipinski definition) is 4. The molecule has 0 saturated heterocycles. The second-order valence-electron chi connectivity index (χ2n) is 1.16. The highest BCUT2D eigenvalue weighted by atomic mass is 127. The molecule has 3 nitrogen and oxygen atoms in total. The summed E-state index contributed by atoms with van der Waals surface area (Å²) >= 11 is 3.38. The minimum atomic E-state index is 0.467. The van der Waals surface area contributed by atoms with Crippen molar-refractivity contribution in [3.05, 3.63) is 9.08 Å². The predicted molar refractivity (Wildman–Crippen MR) is 42.6 cm³/mol. The second kappa shape index (κ2) is 3.05. The Labute approximate surface area is 69.0 Å². The molecule has 0 unspecified atom stereocenters. The smallest absolute Gasteiger partial charge is 0.212 e. The number of hydrogen-bond donors (Lipinski definition) is 0. The maximum absolute atomic E-state index is 9.66. The van der Waals surface area contributed by atoms with Gasteiger partial charge in [0.05, 0.1) is 0 Å². The van der Waals surface area contributed by atoms with Gasteiger partial charge in [-0.05, 0) is 22.6 Å². The summed E-state index contributed by atoms with van der Waals surface area (Å²) in [5.41, 5.74) is 0. The molecule has 0 N–H and O–H groups in total. The van der Waals surface area contributed by atoms with E-state index in [2.05, 4.69) is 9.98 Å². The van der Waals surface area contributed by atoms with Crippen LogP contribution in [0, 0.1) is 3.70 Å². The Bertz CT molecular complexity index is 253. The Morgan fingerprint density at radius 2 is 2.67 bits per heavy atom. The standard InChI is InChI=1S/C4HIN2OS/c5-3-1-9-4(7-3)6-2-8/h1H. The summed E-state index contributed by atoms with van der Waals surface area (Å²) in [5.74, 6) is 0. The van der Waals surface area contributed by atoms with Crippen molar-refractivity contribution in [2.45, 2.75) is 0 Å². The average molecular weight is 252 g/mol. The molecule has 5 heteroatoms. The molecule has 1 heterocycles. The molecule has 0 aromatic carbocycles. The van der Waals surface area contributed by atoms with E-state index in [0.29, 0.717) is 5.13 Å². The monoisotopic (exact) mass is 252 g/mol. The molecular formula is C4HIN2OS.